The SMILES string of the molecule is FC(F)(F)c1ccc(N2CCCCCC2CBr)c(Br)c1. The van der Waals surface area contributed by atoms with E-state index in [4.69, 9.17) is 0 Å². The monoisotopic (exact) mass is 413 g/mol. The van der Waals surface area contributed by atoms with Crippen molar-refractivity contribution in [1.82, 2.24) is 0 Å². The first-order valence-electron chi connectivity index (χ1n) is 6.63. The van der Waals surface area contributed by atoms with E-state index in [1.165, 1.54) is 18.9 Å². The average molecular weight is 415 g/mol. The lowest BCUT2D eigenvalue weighted by Gasteiger charge is -2.32. The predicted octanol–water partition coefficient (Wildman–Crippen LogP) is 5.61. The molecule has 0 saturated carbocycles. The van der Waals surface area contributed by atoms with E-state index in [0.717, 1.165) is 36.5 Å². The molecular formula is C14H16Br2F3N. The fraction of sp³-hybridized carbons (Fsp3) is 0.571. The van der Waals surface area contributed by atoms with E-state index in [9.17, 15) is 13.2 Å². The Bertz CT molecular complexity index is 462. The number of nitrogens with zero attached hydrogens (tertiary/aromatic N) is 1. The fourth-order valence-electron chi connectivity index (χ4n) is 2.57. The molecule has 1 unspecified atom stereocenters. The third-order valence-electron chi connectivity index (χ3n) is 3.64. The van der Waals surface area contributed by atoms with Gasteiger partial charge in [0.1, 0.15) is 0 Å². The van der Waals surface area contributed by atoms with Gasteiger partial charge in [-0.25, -0.2) is 0 Å². The van der Waals surface area contributed by atoms with Gasteiger partial charge >= 0.3 is 6.18 Å². The van der Waals surface area contributed by atoms with Crippen molar-refractivity contribution in [2.45, 2.75) is 37.9 Å². The lowest BCUT2D eigenvalue weighted by molar-refractivity contribution is -0.137. The van der Waals surface area contributed by atoms with Gasteiger partial charge in [0.05, 0.1) is 11.3 Å². The topological polar surface area (TPSA) is 3.24 Å². The Morgan fingerprint density at radius 3 is 2.55 bits per heavy atom. The van der Waals surface area contributed by atoms with Gasteiger partial charge in [-0.05, 0) is 47.0 Å². The summed E-state index contributed by atoms with van der Waals surface area (Å²) in [5, 5.41) is 0.834. The molecule has 0 aromatic heterocycles. The lowest BCUT2D eigenvalue weighted by Crippen LogP contribution is -2.36. The van der Waals surface area contributed by atoms with Crippen molar-refractivity contribution >= 4 is 37.5 Å². The van der Waals surface area contributed by atoms with Crippen molar-refractivity contribution in [1.29, 1.82) is 0 Å². The molecule has 0 spiro atoms. The van der Waals surface area contributed by atoms with Crippen molar-refractivity contribution < 1.29 is 13.2 Å². The molecule has 1 aliphatic rings. The molecule has 0 N–H and O–H groups in total. The van der Waals surface area contributed by atoms with Crippen LogP contribution in [0, 0.1) is 0 Å². The maximum Gasteiger partial charge on any atom is 0.416 e. The molecule has 2 rings (SSSR count). The van der Waals surface area contributed by atoms with Gasteiger partial charge in [-0.2, -0.15) is 13.2 Å². The van der Waals surface area contributed by atoms with Crippen LogP contribution in [-0.2, 0) is 6.18 Å². The smallest absolute Gasteiger partial charge is 0.367 e. The van der Waals surface area contributed by atoms with E-state index in [2.05, 4.69) is 36.8 Å². The highest BCUT2D eigenvalue weighted by atomic mass is 79.9. The van der Waals surface area contributed by atoms with Gasteiger partial charge < -0.3 is 4.90 Å². The Hall–Kier alpha value is -0.230. The molecule has 20 heavy (non-hydrogen) atoms. The van der Waals surface area contributed by atoms with Crippen LogP contribution in [0.4, 0.5) is 18.9 Å². The third-order valence-corrected chi connectivity index (χ3v) is 5.02. The van der Waals surface area contributed by atoms with Crippen molar-refractivity contribution in [2.75, 3.05) is 16.8 Å². The molecule has 1 aromatic rings. The zero-order valence-corrected chi connectivity index (χ0v) is 14.1. The minimum Gasteiger partial charge on any atom is -0.367 e. The van der Waals surface area contributed by atoms with Crippen LogP contribution in [-0.4, -0.2) is 17.9 Å². The number of halogens is 5. The molecule has 1 aromatic carbocycles. The Balaban J connectivity index is 2.31. The van der Waals surface area contributed by atoms with Crippen molar-refractivity contribution in [3.63, 3.8) is 0 Å². The van der Waals surface area contributed by atoms with Gasteiger partial charge in [0, 0.05) is 22.4 Å². The number of hydrogen-bond donors (Lipinski definition) is 0. The van der Waals surface area contributed by atoms with E-state index in [1.807, 2.05) is 0 Å². The number of anilines is 1. The van der Waals surface area contributed by atoms with Gasteiger partial charge in [-0.1, -0.05) is 28.8 Å². The fourth-order valence-corrected chi connectivity index (χ4v) is 3.85. The molecule has 1 aliphatic heterocycles. The first kappa shape index (κ1) is 16.1. The Kier molecular flexibility index (Phi) is 5.40. The summed E-state index contributed by atoms with van der Waals surface area (Å²) in [6.07, 6.45) is 0.202. The Morgan fingerprint density at radius 1 is 1.20 bits per heavy atom. The van der Waals surface area contributed by atoms with Crippen LogP contribution in [0.1, 0.15) is 31.2 Å². The van der Waals surface area contributed by atoms with Crippen LogP contribution in [0.2, 0.25) is 0 Å². The van der Waals surface area contributed by atoms with Crippen LogP contribution in [0.3, 0.4) is 0 Å². The van der Waals surface area contributed by atoms with Gasteiger partial charge in [-0.3, -0.25) is 0 Å². The molecule has 1 nitrogen and oxygen atoms in total. The molecule has 6 heteroatoms. The molecule has 0 radical (unpaired) electrons. The van der Waals surface area contributed by atoms with Crippen molar-refractivity contribution in [3.05, 3.63) is 28.2 Å². The standard InChI is InChI=1S/C14H16Br2F3N/c15-9-11-4-2-1-3-7-20(11)13-6-5-10(8-12(13)16)14(17,18)19/h5-6,8,11H,1-4,7,9H2. The highest BCUT2D eigenvalue weighted by molar-refractivity contribution is 9.10. The summed E-state index contributed by atoms with van der Waals surface area (Å²) in [7, 11) is 0. The summed E-state index contributed by atoms with van der Waals surface area (Å²) in [4.78, 5) is 2.21. The zero-order chi connectivity index (χ0) is 14.8. The van der Waals surface area contributed by atoms with Crippen LogP contribution in [0.15, 0.2) is 22.7 Å². The van der Waals surface area contributed by atoms with Gasteiger partial charge in [0.15, 0.2) is 0 Å². The second-order valence-electron chi connectivity index (χ2n) is 5.01. The van der Waals surface area contributed by atoms with E-state index >= 15 is 0 Å². The quantitative estimate of drug-likeness (QED) is 0.568. The van der Waals surface area contributed by atoms with Crippen LogP contribution in [0.25, 0.3) is 0 Å². The van der Waals surface area contributed by atoms with Gasteiger partial charge in [0.25, 0.3) is 0 Å². The number of hydrogen-bond acceptors (Lipinski definition) is 1. The van der Waals surface area contributed by atoms with Crippen LogP contribution < -0.4 is 4.90 Å². The summed E-state index contributed by atoms with van der Waals surface area (Å²) in [6.45, 7) is 0.889. The zero-order valence-electron chi connectivity index (χ0n) is 10.9. The Morgan fingerprint density at radius 2 is 1.95 bits per heavy atom. The maximum atomic E-state index is 12.7. The second kappa shape index (κ2) is 6.69. The van der Waals surface area contributed by atoms with Gasteiger partial charge in [-0.15, -0.1) is 0 Å². The molecular weight excluding hydrogens is 399 g/mol. The summed E-state index contributed by atoms with van der Waals surface area (Å²) in [6, 6.07) is 4.25. The minimum atomic E-state index is -4.30. The van der Waals surface area contributed by atoms with Gasteiger partial charge in [0.2, 0.25) is 0 Å². The highest BCUT2D eigenvalue weighted by Crippen LogP contribution is 2.37. The third kappa shape index (κ3) is 3.70. The molecule has 1 fully saturated rings. The number of alkyl halides is 4. The van der Waals surface area contributed by atoms with E-state index in [1.54, 1.807) is 6.07 Å². The summed E-state index contributed by atoms with van der Waals surface area (Å²) < 4.78 is 38.6. The molecule has 0 aliphatic carbocycles. The lowest BCUT2D eigenvalue weighted by atomic mass is 10.1. The largest absolute Gasteiger partial charge is 0.416 e. The first-order chi connectivity index (χ1) is 9.43. The predicted molar refractivity (Wildman–Crippen MR) is 82.5 cm³/mol. The number of rotatable bonds is 2. The molecule has 1 saturated heterocycles. The molecule has 1 heterocycles. The average Bonchev–Trinajstić information content (AvgIpc) is 2.62. The second-order valence-corrected chi connectivity index (χ2v) is 6.52. The summed E-state index contributed by atoms with van der Waals surface area (Å²) in [5.41, 5.74) is 0.239. The summed E-state index contributed by atoms with van der Waals surface area (Å²) >= 11 is 6.82. The highest BCUT2D eigenvalue weighted by Gasteiger charge is 2.31. The molecule has 1 atom stereocenters. The van der Waals surface area contributed by atoms with Crippen LogP contribution in [0.5, 0.6) is 0 Å². The van der Waals surface area contributed by atoms with E-state index in [-0.39, 0.29) is 0 Å². The van der Waals surface area contributed by atoms with E-state index in [0.29, 0.717) is 10.5 Å². The van der Waals surface area contributed by atoms with Crippen molar-refractivity contribution in [2.24, 2.45) is 0 Å². The Labute approximate surface area is 133 Å². The van der Waals surface area contributed by atoms with E-state index < -0.39 is 11.7 Å². The normalized spacial score (nSPS) is 20.9. The maximum absolute atomic E-state index is 12.7. The minimum absolute atomic E-state index is 0.338. The van der Waals surface area contributed by atoms with Crippen molar-refractivity contribution in [3.8, 4) is 0 Å². The molecule has 0 amide bonds. The number of benzene rings is 1. The molecule has 112 valence electrons. The van der Waals surface area contributed by atoms with Crippen LogP contribution >= 0.6 is 31.9 Å². The summed E-state index contributed by atoms with van der Waals surface area (Å²) in [5.74, 6) is 0. The molecule has 0 bridgehead atoms. The first-order valence-corrected chi connectivity index (χ1v) is 8.54.